The molecule has 0 saturated carbocycles. The lowest BCUT2D eigenvalue weighted by Gasteiger charge is -2.05. The summed E-state index contributed by atoms with van der Waals surface area (Å²) in [7, 11) is -3.61. The highest BCUT2D eigenvalue weighted by molar-refractivity contribution is 9.10. The van der Waals surface area contributed by atoms with E-state index in [1.54, 1.807) is 11.4 Å². The molecule has 0 aliphatic rings. The van der Waals surface area contributed by atoms with Crippen LogP contribution in [0.2, 0.25) is 0 Å². The van der Waals surface area contributed by atoms with Gasteiger partial charge in [0.1, 0.15) is 4.60 Å². The van der Waals surface area contributed by atoms with Gasteiger partial charge < -0.3 is 0 Å². The topological polar surface area (TPSA) is 72.0 Å². The van der Waals surface area contributed by atoms with Gasteiger partial charge in [0.15, 0.2) is 10.0 Å². The first kappa shape index (κ1) is 12.9. The summed E-state index contributed by atoms with van der Waals surface area (Å²) in [5, 5.41) is 1.69. The Morgan fingerprint density at radius 2 is 2.00 bits per heavy atom. The van der Waals surface area contributed by atoms with E-state index in [1.165, 1.54) is 12.4 Å². The number of rotatable bonds is 3. The van der Waals surface area contributed by atoms with Crippen molar-refractivity contribution in [3.63, 3.8) is 0 Å². The van der Waals surface area contributed by atoms with Crippen LogP contribution in [0.5, 0.6) is 0 Å². The van der Waals surface area contributed by atoms with Crippen molar-refractivity contribution in [2.45, 2.75) is 4.21 Å². The minimum atomic E-state index is -3.61. The van der Waals surface area contributed by atoms with Crippen LogP contribution in [-0.4, -0.2) is 18.4 Å². The second-order valence-corrected chi connectivity index (χ2v) is 7.35. The standard InChI is InChI=1S/C8H5Br2N3O2S2/c9-5-1-2-16-8(5)17(14,15)13-7-4-11-6(10)3-12-7/h1-4H,(H,12,13). The minimum absolute atomic E-state index is 0.175. The smallest absolute Gasteiger partial charge is 0.261 e. The number of halogens is 2. The third kappa shape index (κ3) is 3.03. The van der Waals surface area contributed by atoms with Crippen molar-refractivity contribution in [1.82, 2.24) is 9.97 Å². The molecule has 0 saturated heterocycles. The van der Waals surface area contributed by atoms with Crippen molar-refractivity contribution >= 4 is 59.0 Å². The molecule has 5 nitrogen and oxygen atoms in total. The molecule has 2 heterocycles. The predicted octanol–water partition coefficient (Wildman–Crippen LogP) is 2.86. The fourth-order valence-corrected chi connectivity index (χ4v) is 4.56. The summed E-state index contributed by atoms with van der Waals surface area (Å²) in [4.78, 5) is 7.78. The Balaban J connectivity index is 2.30. The molecule has 0 bridgehead atoms. The van der Waals surface area contributed by atoms with Crippen molar-refractivity contribution in [1.29, 1.82) is 0 Å². The maximum absolute atomic E-state index is 12.0. The molecule has 2 rings (SSSR count). The summed E-state index contributed by atoms with van der Waals surface area (Å²) in [6.45, 7) is 0. The van der Waals surface area contributed by atoms with Gasteiger partial charge in [0.2, 0.25) is 0 Å². The normalized spacial score (nSPS) is 11.4. The summed E-state index contributed by atoms with van der Waals surface area (Å²) in [6, 6.07) is 1.67. The van der Waals surface area contributed by atoms with Crippen molar-refractivity contribution in [2.75, 3.05) is 4.72 Å². The molecule has 9 heteroatoms. The molecule has 0 amide bonds. The van der Waals surface area contributed by atoms with Gasteiger partial charge in [-0.25, -0.2) is 18.4 Å². The molecular weight excluding hydrogens is 394 g/mol. The molecule has 0 radical (unpaired) electrons. The number of nitrogens with one attached hydrogen (secondary N) is 1. The summed E-state index contributed by atoms with van der Waals surface area (Å²) < 4.78 is 27.5. The molecule has 1 N–H and O–H groups in total. The highest BCUT2D eigenvalue weighted by Gasteiger charge is 2.19. The van der Waals surface area contributed by atoms with Gasteiger partial charge in [0.25, 0.3) is 10.0 Å². The average Bonchev–Trinajstić information content (AvgIpc) is 2.68. The Bertz CT molecular complexity index is 624. The van der Waals surface area contributed by atoms with Gasteiger partial charge in [-0.1, -0.05) is 0 Å². The van der Waals surface area contributed by atoms with E-state index < -0.39 is 10.0 Å². The number of aromatic nitrogens is 2. The molecule has 0 fully saturated rings. The second-order valence-electron chi connectivity index (χ2n) is 2.89. The van der Waals surface area contributed by atoms with Crippen LogP contribution >= 0.6 is 43.2 Å². The summed E-state index contributed by atoms with van der Waals surface area (Å²) in [5.74, 6) is 0.175. The first-order valence-electron chi connectivity index (χ1n) is 4.22. The van der Waals surface area contributed by atoms with Gasteiger partial charge in [0.05, 0.1) is 12.4 Å². The Morgan fingerprint density at radius 3 is 2.53 bits per heavy atom. The van der Waals surface area contributed by atoms with Crippen LogP contribution in [0.25, 0.3) is 0 Å². The molecule has 2 aromatic heterocycles. The molecule has 2 aromatic rings. The Hall–Kier alpha value is -0.510. The van der Waals surface area contributed by atoms with Crippen molar-refractivity contribution in [2.24, 2.45) is 0 Å². The highest BCUT2D eigenvalue weighted by Crippen LogP contribution is 2.28. The summed E-state index contributed by atoms with van der Waals surface area (Å²) in [6.07, 6.45) is 2.75. The average molecular weight is 399 g/mol. The first-order chi connectivity index (χ1) is 7.99. The van der Waals surface area contributed by atoms with E-state index in [-0.39, 0.29) is 10.0 Å². The SMILES string of the molecule is O=S(=O)(Nc1cnc(Br)cn1)c1sccc1Br. The Labute approximate surface area is 119 Å². The number of sulfonamides is 1. The third-order valence-electron chi connectivity index (χ3n) is 1.69. The van der Waals surface area contributed by atoms with Crippen LogP contribution < -0.4 is 4.72 Å². The van der Waals surface area contributed by atoms with Gasteiger partial charge in [-0.05, 0) is 43.3 Å². The second kappa shape index (κ2) is 5.01. The van der Waals surface area contributed by atoms with E-state index in [9.17, 15) is 8.42 Å². The molecule has 0 unspecified atom stereocenters. The van der Waals surface area contributed by atoms with E-state index in [4.69, 9.17) is 0 Å². The van der Waals surface area contributed by atoms with E-state index in [1.807, 2.05) is 0 Å². The molecule has 0 aliphatic carbocycles. The van der Waals surface area contributed by atoms with Crippen LogP contribution in [-0.2, 0) is 10.0 Å². The molecule has 0 aromatic carbocycles. The van der Waals surface area contributed by atoms with Gasteiger partial charge in [-0.3, -0.25) is 4.72 Å². The fraction of sp³-hybridized carbons (Fsp3) is 0. The van der Waals surface area contributed by atoms with Crippen molar-refractivity contribution < 1.29 is 8.42 Å². The van der Waals surface area contributed by atoms with Gasteiger partial charge in [-0.15, -0.1) is 11.3 Å². The zero-order valence-corrected chi connectivity index (χ0v) is 12.9. The van der Waals surface area contributed by atoms with Crippen LogP contribution in [0.3, 0.4) is 0 Å². The maximum atomic E-state index is 12.0. The number of thiophene rings is 1. The maximum Gasteiger partial charge on any atom is 0.273 e. The highest BCUT2D eigenvalue weighted by atomic mass is 79.9. The molecule has 90 valence electrons. The van der Waals surface area contributed by atoms with Crippen LogP contribution in [0.15, 0.2) is 37.1 Å². The lowest BCUT2D eigenvalue weighted by Crippen LogP contribution is -2.13. The number of nitrogens with zero attached hydrogens (tertiary/aromatic N) is 2. The monoisotopic (exact) mass is 397 g/mol. The van der Waals surface area contributed by atoms with Gasteiger partial charge >= 0.3 is 0 Å². The molecular formula is C8H5Br2N3O2S2. The molecule has 17 heavy (non-hydrogen) atoms. The summed E-state index contributed by atoms with van der Waals surface area (Å²) in [5.41, 5.74) is 0. The zero-order chi connectivity index (χ0) is 12.5. The molecule has 0 aliphatic heterocycles. The number of hydrogen-bond acceptors (Lipinski definition) is 5. The largest absolute Gasteiger partial charge is 0.273 e. The quantitative estimate of drug-likeness (QED) is 0.862. The van der Waals surface area contributed by atoms with Crippen LogP contribution in [0.1, 0.15) is 0 Å². The van der Waals surface area contributed by atoms with Crippen LogP contribution in [0.4, 0.5) is 5.82 Å². The van der Waals surface area contributed by atoms with E-state index >= 15 is 0 Å². The van der Waals surface area contributed by atoms with Crippen LogP contribution in [0, 0.1) is 0 Å². The van der Waals surface area contributed by atoms with E-state index in [2.05, 4.69) is 46.5 Å². The Morgan fingerprint density at radius 1 is 1.24 bits per heavy atom. The predicted molar refractivity (Wildman–Crippen MR) is 72.6 cm³/mol. The fourth-order valence-electron chi connectivity index (χ4n) is 1.02. The number of hydrogen-bond donors (Lipinski definition) is 1. The molecule has 0 spiro atoms. The van der Waals surface area contributed by atoms with Gasteiger partial charge in [0, 0.05) is 4.47 Å². The third-order valence-corrected chi connectivity index (χ3v) is 6.12. The van der Waals surface area contributed by atoms with Gasteiger partial charge in [-0.2, -0.15) is 0 Å². The molecule has 0 atom stereocenters. The minimum Gasteiger partial charge on any atom is -0.261 e. The lowest BCUT2D eigenvalue weighted by atomic mass is 10.7. The van der Waals surface area contributed by atoms with E-state index in [0.717, 1.165) is 11.3 Å². The summed E-state index contributed by atoms with van der Waals surface area (Å²) >= 11 is 7.42. The van der Waals surface area contributed by atoms with Crippen molar-refractivity contribution in [3.05, 3.63) is 32.9 Å². The zero-order valence-electron chi connectivity index (χ0n) is 8.09. The lowest BCUT2D eigenvalue weighted by molar-refractivity contribution is 0.602. The van der Waals surface area contributed by atoms with E-state index in [0.29, 0.717) is 9.08 Å². The van der Waals surface area contributed by atoms with Crippen molar-refractivity contribution in [3.8, 4) is 0 Å². The number of anilines is 1. The first-order valence-corrected chi connectivity index (χ1v) is 8.17. The Kier molecular flexibility index (Phi) is 3.81.